The second-order valence-corrected chi connectivity index (χ2v) is 16.5. The van der Waals surface area contributed by atoms with Gasteiger partial charge in [0.1, 0.15) is 12.7 Å². The minimum Gasteiger partial charge on any atom is -0.462 e. The summed E-state index contributed by atoms with van der Waals surface area (Å²) >= 11 is 0. The average molecular weight is 803 g/mol. The van der Waals surface area contributed by atoms with Gasteiger partial charge in [0.2, 0.25) is 0 Å². The van der Waals surface area contributed by atoms with Crippen LogP contribution in [0, 0.1) is 0 Å². The van der Waals surface area contributed by atoms with Crippen LogP contribution in [-0.4, -0.2) is 65.7 Å². The van der Waals surface area contributed by atoms with Gasteiger partial charge < -0.3 is 24.6 Å². The largest absolute Gasteiger partial charge is 0.472 e. The third kappa shape index (κ3) is 40.4. The van der Waals surface area contributed by atoms with E-state index < -0.39 is 51.8 Å². The molecule has 0 aliphatic carbocycles. The molecule has 10 nitrogen and oxygen atoms in total. The van der Waals surface area contributed by atoms with Gasteiger partial charge in [-0.15, -0.1) is 0 Å². The Morgan fingerprint density at radius 3 is 1.40 bits per heavy atom. The molecule has 0 aliphatic rings. The fraction of sp³-hybridized carbons (Fsp3) is 0.864. The van der Waals surface area contributed by atoms with Crippen molar-refractivity contribution in [3.63, 3.8) is 0 Å². The zero-order valence-corrected chi connectivity index (χ0v) is 36.0. The number of aliphatic hydroxyl groups excluding tert-OH is 2. The summed E-state index contributed by atoms with van der Waals surface area (Å²) in [5.74, 6) is -0.978. The van der Waals surface area contributed by atoms with Gasteiger partial charge in [-0.25, -0.2) is 4.57 Å². The van der Waals surface area contributed by atoms with Crippen molar-refractivity contribution >= 4 is 19.8 Å². The van der Waals surface area contributed by atoms with Gasteiger partial charge in [0.25, 0.3) is 0 Å². The number of esters is 2. The second kappa shape index (κ2) is 40.6. The Morgan fingerprint density at radius 2 is 0.927 bits per heavy atom. The predicted octanol–water partition coefficient (Wildman–Crippen LogP) is 11.8. The Balaban J connectivity index is 4.29. The highest BCUT2D eigenvalue weighted by molar-refractivity contribution is 7.47. The molecule has 0 heterocycles. The van der Waals surface area contributed by atoms with Crippen LogP contribution in [-0.2, 0) is 32.7 Å². The highest BCUT2D eigenvalue weighted by atomic mass is 31.2. The number of carbonyl (C=O) groups excluding carboxylic acids is 2. The maximum absolute atomic E-state index is 12.6. The third-order valence-electron chi connectivity index (χ3n) is 9.59. The van der Waals surface area contributed by atoms with Crippen LogP contribution in [0.3, 0.4) is 0 Å². The van der Waals surface area contributed by atoms with Gasteiger partial charge in [0.15, 0.2) is 6.10 Å². The van der Waals surface area contributed by atoms with E-state index in [4.69, 9.17) is 19.1 Å². The van der Waals surface area contributed by atoms with Crippen LogP contribution in [0.5, 0.6) is 0 Å². The van der Waals surface area contributed by atoms with E-state index in [1.165, 1.54) is 135 Å². The monoisotopic (exact) mass is 803 g/mol. The summed E-state index contributed by atoms with van der Waals surface area (Å²) < 4.78 is 32.7. The highest BCUT2D eigenvalue weighted by Gasteiger charge is 2.27. The Bertz CT molecular complexity index is 972. The smallest absolute Gasteiger partial charge is 0.462 e. The van der Waals surface area contributed by atoms with Crippen molar-refractivity contribution in [1.29, 1.82) is 0 Å². The number of unbranched alkanes of at least 4 members (excludes halogenated alkanes) is 24. The number of carbonyl (C=O) groups is 2. The van der Waals surface area contributed by atoms with Crippen LogP contribution in [0.15, 0.2) is 24.3 Å². The lowest BCUT2D eigenvalue weighted by atomic mass is 10.1. The maximum atomic E-state index is 12.6. The number of allylic oxidation sites excluding steroid dienone is 4. The van der Waals surface area contributed by atoms with Gasteiger partial charge in [0, 0.05) is 12.8 Å². The molecular weight excluding hydrogens is 719 g/mol. The quantitative estimate of drug-likeness (QED) is 0.0236. The predicted molar refractivity (Wildman–Crippen MR) is 224 cm³/mol. The molecule has 0 aromatic carbocycles. The molecule has 0 aromatic rings. The summed E-state index contributed by atoms with van der Waals surface area (Å²) in [6, 6.07) is 0. The molecule has 3 atom stereocenters. The molecule has 55 heavy (non-hydrogen) atoms. The van der Waals surface area contributed by atoms with Crippen molar-refractivity contribution in [2.75, 3.05) is 26.4 Å². The lowest BCUT2D eigenvalue weighted by molar-refractivity contribution is -0.161. The summed E-state index contributed by atoms with van der Waals surface area (Å²) in [5.41, 5.74) is 0. The zero-order valence-electron chi connectivity index (χ0n) is 35.2. The number of phosphoric ester groups is 1. The number of hydrogen-bond acceptors (Lipinski definition) is 9. The highest BCUT2D eigenvalue weighted by Crippen LogP contribution is 2.43. The fourth-order valence-electron chi connectivity index (χ4n) is 6.12. The van der Waals surface area contributed by atoms with E-state index in [9.17, 15) is 24.2 Å². The van der Waals surface area contributed by atoms with Gasteiger partial charge in [0.05, 0.1) is 19.8 Å². The molecule has 0 saturated heterocycles. The van der Waals surface area contributed by atoms with E-state index in [1.807, 2.05) is 6.08 Å². The molecular formula is C44H83O10P. The molecule has 0 amide bonds. The minimum atomic E-state index is -4.62. The topological polar surface area (TPSA) is 149 Å². The van der Waals surface area contributed by atoms with Gasteiger partial charge in [-0.2, -0.15) is 0 Å². The number of ether oxygens (including phenoxy) is 2. The van der Waals surface area contributed by atoms with Crippen molar-refractivity contribution in [2.24, 2.45) is 0 Å². The standard InChI is InChI=1S/C44H83O10P/c1-3-5-7-9-11-13-15-17-19-20-22-23-25-27-29-31-33-35-43(47)51-39-42(40-53-55(49,50)52-38-41(46)37-45)54-44(48)36-34-32-30-28-26-24-21-18-16-14-12-10-8-6-4-2/h13,15,30,32,41-42,45-46H,3-12,14,16-29,31,33-40H2,1-2H3,(H,49,50)/b15-13+,32-30+/t41-,42+/m0/s1. The maximum Gasteiger partial charge on any atom is 0.472 e. The zero-order chi connectivity index (χ0) is 40.5. The van der Waals surface area contributed by atoms with E-state index in [0.29, 0.717) is 12.8 Å². The molecule has 324 valence electrons. The first-order chi connectivity index (χ1) is 26.7. The Morgan fingerprint density at radius 1 is 0.527 bits per heavy atom. The Kier molecular flexibility index (Phi) is 39.5. The number of aliphatic hydroxyl groups is 2. The van der Waals surface area contributed by atoms with Crippen LogP contribution < -0.4 is 0 Å². The summed E-state index contributed by atoms with van der Waals surface area (Å²) in [6.07, 6.45) is 40.1. The molecule has 0 aliphatic heterocycles. The Hall–Kier alpha value is -1.55. The fourth-order valence-corrected chi connectivity index (χ4v) is 6.91. The van der Waals surface area contributed by atoms with Gasteiger partial charge in [-0.1, -0.05) is 167 Å². The van der Waals surface area contributed by atoms with Crippen LogP contribution in [0.25, 0.3) is 0 Å². The summed E-state index contributed by atoms with van der Waals surface area (Å²) in [4.78, 5) is 35.0. The van der Waals surface area contributed by atoms with Gasteiger partial charge >= 0.3 is 19.8 Å². The van der Waals surface area contributed by atoms with Crippen LogP contribution >= 0.6 is 7.82 Å². The van der Waals surface area contributed by atoms with E-state index >= 15 is 0 Å². The SMILES string of the molecule is CCCCCC/C=C/CCCCCCCCCCCC(=O)OC[C@H](COP(=O)(O)OC[C@@H](O)CO)OC(=O)CC/C=C/CCCCCCCCCCCCC. The van der Waals surface area contributed by atoms with Crippen molar-refractivity contribution in [2.45, 2.75) is 219 Å². The summed E-state index contributed by atoms with van der Waals surface area (Å²) in [5, 5.41) is 18.3. The number of hydrogen-bond donors (Lipinski definition) is 3. The molecule has 1 unspecified atom stereocenters. The normalized spacial score (nSPS) is 14.1. The molecule has 0 fully saturated rings. The first kappa shape index (κ1) is 53.5. The lowest BCUT2D eigenvalue weighted by Gasteiger charge is -2.20. The van der Waals surface area contributed by atoms with Gasteiger partial charge in [-0.3, -0.25) is 18.6 Å². The summed E-state index contributed by atoms with van der Waals surface area (Å²) in [7, 11) is -4.62. The second-order valence-electron chi connectivity index (χ2n) is 15.1. The van der Waals surface area contributed by atoms with Crippen molar-refractivity contribution < 1.29 is 47.8 Å². The molecule has 0 saturated carbocycles. The molecule has 0 rings (SSSR count). The molecule has 0 radical (unpaired) electrons. The van der Waals surface area contributed by atoms with Crippen LogP contribution in [0.2, 0.25) is 0 Å². The molecule has 0 aromatic heterocycles. The van der Waals surface area contributed by atoms with E-state index in [2.05, 4.69) is 36.6 Å². The number of phosphoric acid groups is 1. The van der Waals surface area contributed by atoms with Crippen molar-refractivity contribution in [3.05, 3.63) is 24.3 Å². The minimum absolute atomic E-state index is 0.103. The average Bonchev–Trinajstić information content (AvgIpc) is 3.17. The Labute approximate surface area is 336 Å². The van der Waals surface area contributed by atoms with Gasteiger partial charge in [-0.05, 0) is 51.4 Å². The molecule has 11 heteroatoms. The lowest BCUT2D eigenvalue weighted by Crippen LogP contribution is -2.29. The number of rotatable bonds is 42. The van der Waals surface area contributed by atoms with E-state index in [0.717, 1.165) is 32.1 Å². The summed E-state index contributed by atoms with van der Waals surface area (Å²) in [6.45, 7) is 2.34. The van der Waals surface area contributed by atoms with E-state index in [1.54, 1.807) is 0 Å². The molecule has 0 bridgehead atoms. The third-order valence-corrected chi connectivity index (χ3v) is 10.5. The van der Waals surface area contributed by atoms with Crippen LogP contribution in [0.4, 0.5) is 0 Å². The van der Waals surface area contributed by atoms with Crippen molar-refractivity contribution in [3.8, 4) is 0 Å². The molecule has 0 spiro atoms. The van der Waals surface area contributed by atoms with E-state index in [-0.39, 0.29) is 19.4 Å². The molecule has 3 N–H and O–H groups in total. The van der Waals surface area contributed by atoms with Crippen molar-refractivity contribution in [1.82, 2.24) is 0 Å². The van der Waals surface area contributed by atoms with Crippen LogP contribution in [0.1, 0.15) is 206 Å². The first-order valence-electron chi connectivity index (χ1n) is 22.3. The first-order valence-corrected chi connectivity index (χ1v) is 23.8.